The van der Waals surface area contributed by atoms with Gasteiger partial charge >= 0.3 is 0 Å². The Labute approximate surface area is 106 Å². The molecule has 0 aliphatic heterocycles. The van der Waals surface area contributed by atoms with E-state index >= 15 is 0 Å². The smallest absolute Gasteiger partial charge is 0.217 e. The van der Waals surface area contributed by atoms with E-state index in [2.05, 4.69) is 13.8 Å². The van der Waals surface area contributed by atoms with Gasteiger partial charge < -0.3 is 10.8 Å². The monoisotopic (exact) mass is 243 g/mol. The molecule has 3 N–H and O–H groups in total. The van der Waals surface area contributed by atoms with Gasteiger partial charge in [0.15, 0.2) is 0 Å². The van der Waals surface area contributed by atoms with E-state index in [9.17, 15) is 9.90 Å². The fourth-order valence-electron chi connectivity index (χ4n) is 2.35. The number of hydrogen-bond acceptors (Lipinski definition) is 2. The predicted molar refractivity (Wildman–Crippen MR) is 71.5 cm³/mol. The summed E-state index contributed by atoms with van der Waals surface area (Å²) in [6.07, 6.45) is 8.28. The molecule has 1 amide bonds. The van der Waals surface area contributed by atoms with Gasteiger partial charge in [-0.25, -0.2) is 0 Å². The van der Waals surface area contributed by atoms with Gasteiger partial charge in [-0.2, -0.15) is 0 Å². The molecule has 0 aromatic rings. The average molecular weight is 243 g/mol. The Morgan fingerprint density at radius 3 is 2.47 bits per heavy atom. The van der Waals surface area contributed by atoms with Crippen LogP contribution in [-0.2, 0) is 4.79 Å². The van der Waals surface area contributed by atoms with Gasteiger partial charge in [0.2, 0.25) is 5.91 Å². The number of aliphatic hydroxyl groups excluding tert-OH is 1. The zero-order valence-electron chi connectivity index (χ0n) is 11.5. The maximum Gasteiger partial charge on any atom is 0.217 e. The average Bonchev–Trinajstić information content (AvgIpc) is 2.27. The molecule has 0 fully saturated rings. The Kier molecular flexibility index (Phi) is 10.2. The molecular weight excluding hydrogens is 214 g/mol. The van der Waals surface area contributed by atoms with Crippen LogP contribution < -0.4 is 5.73 Å². The second kappa shape index (κ2) is 10.6. The second-order valence-corrected chi connectivity index (χ2v) is 5.24. The van der Waals surface area contributed by atoms with Crippen molar-refractivity contribution in [1.82, 2.24) is 0 Å². The van der Waals surface area contributed by atoms with Crippen LogP contribution in [0.1, 0.15) is 65.2 Å². The Bertz CT molecular complexity index is 195. The van der Waals surface area contributed by atoms with Gasteiger partial charge in [-0.1, -0.05) is 39.5 Å². The summed E-state index contributed by atoms with van der Waals surface area (Å²) in [6, 6.07) is 0. The lowest BCUT2D eigenvalue weighted by Gasteiger charge is -2.18. The van der Waals surface area contributed by atoms with Crippen molar-refractivity contribution in [1.29, 1.82) is 0 Å². The first kappa shape index (κ1) is 16.4. The molecule has 102 valence electrons. The highest BCUT2D eigenvalue weighted by Crippen LogP contribution is 2.21. The van der Waals surface area contributed by atoms with Crippen LogP contribution in [-0.4, -0.2) is 17.6 Å². The molecule has 0 aliphatic carbocycles. The first-order valence-corrected chi connectivity index (χ1v) is 6.99. The molecule has 0 spiro atoms. The number of nitrogens with two attached hydrogens (primary N) is 1. The van der Waals surface area contributed by atoms with Gasteiger partial charge in [-0.3, -0.25) is 4.79 Å². The second-order valence-electron chi connectivity index (χ2n) is 5.24. The molecule has 0 rings (SSSR count). The van der Waals surface area contributed by atoms with Crippen LogP contribution in [0.5, 0.6) is 0 Å². The third-order valence-corrected chi connectivity index (χ3v) is 3.31. The highest BCUT2D eigenvalue weighted by Gasteiger charge is 2.11. The minimum atomic E-state index is -0.193. The van der Waals surface area contributed by atoms with Gasteiger partial charge in [0.1, 0.15) is 0 Å². The van der Waals surface area contributed by atoms with E-state index < -0.39 is 0 Å². The fraction of sp³-hybridized carbons (Fsp3) is 0.929. The zero-order valence-corrected chi connectivity index (χ0v) is 11.5. The Hall–Kier alpha value is -0.570. The number of hydrogen-bond donors (Lipinski definition) is 2. The molecule has 3 nitrogen and oxygen atoms in total. The summed E-state index contributed by atoms with van der Waals surface area (Å²) in [7, 11) is 0. The largest absolute Gasteiger partial charge is 0.396 e. The summed E-state index contributed by atoms with van der Waals surface area (Å²) < 4.78 is 0. The molecular formula is C14H29NO2. The van der Waals surface area contributed by atoms with Crippen molar-refractivity contribution in [2.45, 2.75) is 65.2 Å². The van der Waals surface area contributed by atoms with Crippen molar-refractivity contribution in [3.63, 3.8) is 0 Å². The molecule has 0 saturated carbocycles. The third-order valence-electron chi connectivity index (χ3n) is 3.31. The number of unbranched alkanes of at least 4 members (excludes halogenated alkanes) is 2. The molecule has 0 aromatic heterocycles. The van der Waals surface area contributed by atoms with E-state index in [0.29, 0.717) is 24.9 Å². The lowest BCUT2D eigenvalue weighted by molar-refractivity contribution is -0.118. The van der Waals surface area contributed by atoms with Crippen molar-refractivity contribution >= 4 is 5.91 Å². The molecule has 0 bridgehead atoms. The van der Waals surface area contributed by atoms with Crippen molar-refractivity contribution in [2.24, 2.45) is 17.6 Å². The molecule has 0 aromatic carbocycles. The molecule has 0 aliphatic rings. The molecule has 17 heavy (non-hydrogen) atoms. The number of amides is 1. The lowest BCUT2D eigenvalue weighted by Crippen LogP contribution is -2.11. The SMILES string of the molecule is CCCC(CO)CC(C)CCCCCC(N)=O. The van der Waals surface area contributed by atoms with Crippen LogP contribution in [0.3, 0.4) is 0 Å². The number of rotatable bonds is 11. The number of primary amides is 1. The van der Waals surface area contributed by atoms with Gasteiger partial charge in [-0.05, 0) is 31.1 Å². The molecule has 0 heterocycles. The minimum Gasteiger partial charge on any atom is -0.396 e. The summed E-state index contributed by atoms with van der Waals surface area (Å²) in [5.41, 5.74) is 5.09. The van der Waals surface area contributed by atoms with E-state index in [0.717, 1.165) is 32.1 Å². The molecule has 3 heteroatoms. The third kappa shape index (κ3) is 10.3. The Morgan fingerprint density at radius 1 is 1.24 bits per heavy atom. The van der Waals surface area contributed by atoms with Gasteiger partial charge in [0, 0.05) is 13.0 Å². The highest BCUT2D eigenvalue weighted by molar-refractivity contribution is 5.73. The number of carbonyl (C=O) groups excluding carboxylic acids is 1. The first-order valence-electron chi connectivity index (χ1n) is 6.99. The Balaban J connectivity index is 3.50. The number of carbonyl (C=O) groups is 1. The van der Waals surface area contributed by atoms with E-state index in [-0.39, 0.29) is 5.91 Å². The predicted octanol–water partition coefficient (Wildman–Crippen LogP) is 2.86. The van der Waals surface area contributed by atoms with Gasteiger partial charge in [0.25, 0.3) is 0 Å². The van der Waals surface area contributed by atoms with Crippen molar-refractivity contribution in [3.8, 4) is 0 Å². The van der Waals surface area contributed by atoms with Crippen LogP contribution in [0, 0.1) is 11.8 Å². The summed E-state index contributed by atoms with van der Waals surface area (Å²) in [6.45, 7) is 4.74. The summed E-state index contributed by atoms with van der Waals surface area (Å²) >= 11 is 0. The van der Waals surface area contributed by atoms with Crippen LogP contribution in [0.2, 0.25) is 0 Å². The molecule has 2 unspecified atom stereocenters. The maximum atomic E-state index is 10.5. The van der Waals surface area contributed by atoms with Crippen LogP contribution in [0.4, 0.5) is 0 Å². The topological polar surface area (TPSA) is 63.3 Å². The standard InChI is InChI=1S/C14H29NO2/c1-3-7-13(11-16)10-12(2)8-5-4-6-9-14(15)17/h12-13,16H,3-11H2,1-2H3,(H2,15,17). The van der Waals surface area contributed by atoms with Crippen LogP contribution in [0.25, 0.3) is 0 Å². The van der Waals surface area contributed by atoms with Crippen molar-refractivity contribution in [2.75, 3.05) is 6.61 Å². The van der Waals surface area contributed by atoms with E-state index in [1.165, 1.54) is 12.8 Å². The van der Waals surface area contributed by atoms with Gasteiger partial charge in [-0.15, -0.1) is 0 Å². The van der Waals surface area contributed by atoms with Gasteiger partial charge in [0.05, 0.1) is 0 Å². The van der Waals surface area contributed by atoms with Crippen LogP contribution >= 0.6 is 0 Å². The Morgan fingerprint density at radius 2 is 1.94 bits per heavy atom. The summed E-state index contributed by atoms with van der Waals surface area (Å²) in [4.78, 5) is 10.5. The summed E-state index contributed by atoms with van der Waals surface area (Å²) in [5.74, 6) is 0.953. The molecule has 0 saturated heterocycles. The normalized spacial score (nSPS) is 14.5. The minimum absolute atomic E-state index is 0.193. The van der Waals surface area contributed by atoms with Crippen molar-refractivity contribution < 1.29 is 9.90 Å². The van der Waals surface area contributed by atoms with E-state index in [4.69, 9.17) is 5.73 Å². The van der Waals surface area contributed by atoms with E-state index in [1.54, 1.807) is 0 Å². The molecule has 0 radical (unpaired) electrons. The maximum absolute atomic E-state index is 10.5. The molecule has 2 atom stereocenters. The highest BCUT2D eigenvalue weighted by atomic mass is 16.3. The lowest BCUT2D eigenvalue weighted by atomic mass is 9.89. The van der Waals surface area contributed by atoms with Crippen molar-refractivity contribution in [3.05, 3.63) is 0 Å². The quantitative estimate of drug-likeness (QED) is 0.548. The fourth-order valence-corrected chi connectivity index (χ4v) is 2.35. The van der Waals surface area contributed by atoms with E-state index in [1.807, 2.05) is 0 Å². The first-order chi connectivity index (χ1) is 8.10. The number of aliphatic hydroxyl groups is 1. The summed E-state index contributed by atoms with van der Waals surface area (Å²) in [5, 5.41) is 9.23. The van der Waals surface area contributed by atoms with Crippen LogP contribution in [0.15, 0.2) is 0 Å². The zero-order chi connectivity index (χ0) is 13.1.